The van der Waals surface area contributed by atoms with Crippen molar-refractivity contribution in [1.29, 1.82) is 0 Å². The maximum absolute atomic E-state index is 12.4. The smallest absolute Gasteiger partial charge is 0.410 e. The number of hydrogen-bond donors (Lipinski definition) is 0. The third-order valence-electron chi connectivity index (χ3n) is 4.01. The zero-order valence-electron chi connectivity index (χ0n) is 14.5. The van der Waals surface area contributed by atoms with Crippen LogP contribution in [0.4, 0.5) is 4.79 Å². The first kappa shape index (κ1) is 16.6. The van der Waals surface area contributed by atoms with Gasteiger partial charge in [0.1, 0.15) is 5.60 Å². The first-order valence-corrected chi connectivity index (χ1v) is 8.41. The van der Waals surface area contributed by atoms with Gasteiger partial charge in [0.2, 0.25) is 0 Å². The van der Waals surface area contributed by atoms with Crippen LogP contribution in [0.5, 0.6) is 0 Å². The van der Waals surface area contributed by atoms with E-state index in [2.05, 4.69) is 17.3 Å². The molecule has 5 nitrogen and oxygen atoms in total. The molecule has 128 valence electrons. The van der Waals surface area contributed by atoms with Crippen molar-refractivity contribution in [3.63, 3.8) is 0 Å². The molecule has 1 aromatic carbocycles. The Bertz CT molecular complexity index is 688. The lowest BCUT2D eigenvalue weighted by Crippen LogP contribution is -2.36. The minimum Gasteiger partial charge on any atom is -0.444 e. The van der Waals surface area contributed by atoms with Crippen LogP contribution < -0.4 is 0 Å². The van der Waals surface area contributed by atoms with Crippen molar-refractivity contribution in [2.75, 3.05) is 6.54 Å². The molecular weight excluding hydrogens is 304 g/mol. The van der Waals surface area contributed by atoms with Gasteiger partial charge in [0, 0.05) is 19.0 Å². The SMILES string of the molecule is CC(C)(C)OC(=O)N1CCC[C@H]1c1cc(Cc2ccccc2)no1. The molecule has 2 aromatic rings. The van der Waals surface area contributed by atoms with Gasteiger partial charge in [0.25, 0.3) is 0 Å². The fraction of sp³-hybridized carbons (Fsp3) is 0.474. The van der Waals surface area contributed by atoms with Gasteiger partial charge in [0.05, 0.1) is 11.7 Å². The number of aromatic nitrogens is 1. The highest BCUT2D eigenvalue weighted by molar-refractivity contribution is 5.69. The third-order valence-corrected chi connectivity index (χ3v) is 4.01. The highest BCUT2D eigenvalue weighted by atomic mass is 16.6. The summed E-state index contributed by atoms with van der Waals surface area (Å²) in [7, 11) is 0. The van der Waals surface area contributed by atoms with E-state index in [0.717, 1.165) is 30.7 Å². The standard InChI is InChI=1S/C19H24N2O3/c1-19(2,3)23-18(22)21-11-7-10-16(21)17-13-15(20-24-17)12-14-8-5-4-6-9-14/h4-6,8-9,13,16H,7,10-12H2,1-3H3/t16-/m0/s1. The molecule has 0 radical (unpaired) electrons. The number of benzene rings is 1. The van der Waals surface area contributed by atoms with Crippen LogP contribution in [-0.2, 0) is 11.2 Å². The van der Waals surface area contributed by atoms with E-state index in [-0.39, 0.29) is 12.1 Å². The molecule has 0 unspecified atom stereocenters. The van der Waals surface area contributed by atoms with Gasteiger partial charge in [-0.15, -0.1) is 0 Å². The Morgan fingerprint density at radius 2 is 2.08 bits per heavy atom. The molecule has 0 N–H and O–H groups in total. The van der Waals surface area contributed by atoms with Crippen molar-refractivity contribution in [2.45, 2.75) is 51.7 Å². The largest absolute Gasteiger partial charge is 0.444 e. The van der Waals surface area contributed by atoms with Gasteiger partial charge in [-0.25, -0.2) is 4.79 Å². The van der Waals surface area contributed by atoms with E-state index in [1.165, 1.54) is 5.56 Å². The molecule has 0 saturated carbocycles. The van der Waals surface area contributed by atoms with Crippen LogP contribution in [0.1, 0.15) is 56.7 Å². The molecule has 0 spiro atoms. The van der Waals surface area contributed by atoms with Gasteiger partial charge in [-0.05, 0) is 39.2 Å². The topological polar surface area (TPSA) is 55.6 Å². The molecule has 1 aliphatic heterocycles. The summed E-state index contributed by atoms with van der Waals surface area (Å²) < 4.78 is 11.0. The van der Waals surface area contributed by atoms with Gasteiger partial charge < -0.3 is 9.26 Å². The number of carbonyl (C=O) groups is 1. The fourth-order valence-corrected chi connectivity index (χ4v) is 2.98. The van der Waals surface area contributed by atoms with Crippen molar-refractivity contribution in [1.82, 2.24) is 10.1 Å². The summed E-state index contributed by atoms with van der Waals surface area (Å²) in [6, 6.07) is 12.0. The van der Waals surface area contributed by atoms with Gasteiger partial charge in [-0.2, -0.15) is 0 Å². The number of amides is 1. The van der Waals surface area contributed by atoms with E-state index in [1.807, 2.05) is 45.0 Å². The van der Waals surface area contributed by atoms with E-state index in [9.17, 15) is 4.79 Å². The van der Waals surface area contributed by atoms with Crippen molar-refractivity contribution in [2.24, 2.45) is 0 Å². The summed E-state index contributed by atoms with van der Waals surface area (Å²) in [6.07, 6.45) is 2.26. The average molecular weight is 328 g/mol. The van der Waals surface area contributed by atoms with Gasteiger partial charge in [-0.3, -0.25) is 4.90 Å². The number of carbonyl (C=O) groups excluding carboxylic acids is 1. The van der Waals surface area contributed by atoms with E-state index in [0.29, 0.717) is 6.54 Å². The Kier molecular flexibility index (Phi) is 4.60. The minimum absolute atomic E-state index is 0.0862. The lowest BCUT2D eigenvalue weighted by atomic mass is 10.1. The molecule has 0 aliphatic carbocycles. The molecule has 1 aromatic heterocycles. The second-order valence-corrected chi connectivity index (χ2v) is 7.21. The summed E-state index contributed by atoms with van der Waals surface area (Å²) in [5, 5.41) is 4.17. The number of ether oxygens (including phenoxy) is 1. The van der Waals surface area contributed by atoms with Gasteiger partial charge in [0.15, 0.2) is 5.76 Å². The maximum Gasteiger partial charge on any atom is 0.410 e. The predicted octanol–water partition coefficient (Wildman–Crippen LogP) is 4.34. The lowest BCUT2D eigenvalue weighted by Gasteiger charge is -2.27. The third kappa shape index (κ3) is 3.96. The molecule has 3 rings (SSSR count). The van der Waals surface area contributed by atoms with Crippen LogP contribution >= 0.6 is 0 Å². The molecule has 1 aliphatic rings. The molecule has 0 bridgehead atoms. The van der Waals surface area contributed by atoms with Gasteiger partial charge >= 0.3 is 6.09 Å². The van der Waals surface area contributed by atoms with E-state index < -0.39 is 5.60 Å². The summed E-state index contributed by atoms with van der Waals surface area (Å²) in [4.78, 5) is 14.1. The Hall–Kier alpha value is -2.30. The monoisotopic (exact) mass is 328 g/mol. The quantitative estimate of drug-likeness (QED) is 0.841. The summed E-state index contributed by atoms with van der Waals surface area (Å²) in [6.45, 7) is 6.32. The molecular formula is C19H24N2O3. The van der Waals surface area contributed by atoms with E-state index in [1.54, 1.807) is 4.90 Å². The highest BCUT2D eigenvalue weighted by Gasteiger charge is 2.35. The van der Waals surface area contributed by atoms with Crippen LogP contribution in [0.3, 0.4) is 0 Å². The summed E-state index contributed by atoms with van der Waals surface area (Å²) in [5.74, 6) is 0.740. The van der Waals surface area contributed by atoms with Crippen molar-refractivity contribution in [3.05, 3.63) is 53.4 Å². The first-order chi connectivity index (χ1) is 11.4. The molecule has 1 fully saturated rings. The fourth-order valence-electron chi connectivity index (χ4n) is 2.98. The molecule has 5 heteroatoms. The van der Waals surface area contributed by atoms with Crippen LogP contribution in [0, 0.1) is 0 Å². The van der Waals surface area contributed by atoms with Crippen LogP contribution in [-0.4, -0.2) is 28.3 Å². The summed E-state index contributed by atoms with van der Waals surface area (Å²) in [5.41, 5.74) is 1.57. The average Bonchev–Trinajstić information content (AvgIpc) is 3.15. The van der Waals surface area contributed by atoms with Crippen molar-refractivity contribution >= 4 is 6.09 Å². The van der Waals surface area contributed by atoms with Crippen LogP contribution in [0.15, 0.2) is 40.9 Å². The maximum atomic E-state index is 12.4. The van der Waals surface area contributed by atoms with Crippen LogP contribution in [0.2, 0.25) is 0 Å². The molecule has 1 amide bonds. The van der Waals surface area contributed by atoms with Crippen LogP contribution in [0.25, 0.3) is 0 Å². The summed E-state index contributed by atoms with van der Waals surface area (Å²) >= 11 is 0. The molecule has 24 heavy (non-hydrogen) atoms. The molecule has 1 saturated heterocycles. The number of likely N-dealkylation sites (tertiary alicyclic amines) is 1. The Labute approximate surface area is 142 Å². The zero-order valence-corrected chi connectivity index (χ0v) is 14.5. The Morgan fingerprint density at radius 1 is 1.33 bits per heavy atom. The number of hydrogen-bond acceptors (Lipinski definition) is 4. The normalized spacial score (nSPS) is 18.0. The van der Waals surface area contributed by atoms with Crippen molar-refractivity contribution < 1.29 is 14.1 Å². The second kappa shape index (κ2) is 6.67. The predicted molar refractivity (Wildman–Crippen MR) is 90.7 cm³/mol. The second-order valence-electron chi connectivity index (χ2n) is 7.21. The Balaban J connectivity index is 1.70. The van der Waals surface area contributed by atoms with E-state index in [4.69, 9.17) is 9.26 Å². The molecule has 1 atom stereocenters. The zero-order chi connectivity index (χ0) is 17.2. The minimum atomic E-state index is -0.496. The number of nitrogens with zero attached hydrogens (tertiary/aromatic N) is 2. The van der Waals surface area contributed by atoms with Crippen molar-refractivity contribution in [3.8, 4) is 0 Å². The van der Waals surface area contributed by atoms with E-state index >= 15 is 0 Å². The highest BCUT2D eigenvalue weighted by Crippen LogP contribution is 2.33. The number of rotatable bonds is 3. The van der Waals surface area contributed by atoms with Gasteiger partial charge in [-0.1, -0.05) is 35.5 Å². The Morgan fingerprint density at radius 3 is 2.79 bits per heavy atom. The lowest BCUT2D eigenvalue weighted by molar-refractivity contribution is 0.0204. The first-order valence-electron chi connectivity index (χ1n) is 8.41. The molecule has 2 heterocycles.